The van der Waals surface area contributed by atoms with Crippen LogP contribution in [-0.2, 0) is 0 Å². The highest BCUT2D eigenvalue weighted by atomic mass is 127. The maximum Gasteiger partial charge on any atom is 0.319 e. The number of benzene rings is 1. The maximum absolute atomic E-state index is 11.8. The van der Waals surface area contributed by atoms with Gasteiger partial charge in [-0.3, -0.25) is 4.98 Å². The molecule has 98 valence electrons. The molecule has 1 heterocycles. The van der Waals surface area contributed by atoms with E-state index in [0.29, 0.717) is 0 Å². The van der Waals surface area contributed by atoms with Crippen molar-refractivity contribution >= 4 is 34.3 Å². The molecule has 0 fully saturated rings. The smallest absolute Gasteiger partial charge is 0.319 e. The van der Waals surface area contributed by atoms with Gasteiger partial charge in [-0.05, 0) is 71.5 Å². The molecule has 2 aromatic rings. The second kappa shape index (κ2) is 6.51. The van der Waals surface area contributed by atoms with E-state index in [-0.39, 0.29) is 12.1 Å². The minimum Gasteiger partial charge on any atom is -0.331 e. The summed E-state index contributed by atoms with van der Waals surface area (Å²) in [6.07, 6.45) is 3.43. The normalized spacial score (nSPS) is 11.7. The molecule has 0 aliphatic rings. The molecule has 2 N–H and O–H groups in total. The van der Waals surface area contributed by atoms with Crippen LogP contribution in [0.4, 0.5) is 10.5 Å². The second-order valence-corrected chi connectivity index (χ2v) is 5.35. The first-order chi connectivity index (χ1) is 9.15. The lowest BCUT2D eigenvalue weighted by molar-refractivity contribution is 0.249. The third kappa shape index (κ3) is 4.20. The fourth-order valence-electron chi connectivity index (χ4n) is 1.63. The van der Waals surface area contributed by atoms with E-state index in [1.807, 2.05) is 43.3 Å². The Labute approximate surface area is 125 Å². The molecule has 0 aliphatic carbocycles. The number of urea groups is 1. The van der Waals surface area contributed by atoms with Crippen LogP contribution in [0.1, 0.15) is 18.5 Å². The highest BCUT2D eigenvalue weighted by molar-refractivity contribution is 14.1. The third-order valence-electron chi connectivity index (χ3n) is 2.66. The highest BCUT2D eigenvalue weighted by Gasteiger charge is 2.08. The van der Waals surface area contributed by atoms with Crippen molar-refractivity contribution in [2.45, 2.75) is 13.0 Å². The molecule has 19 heavy (non-hydrogen) atoms. The number of carbonyl (C=O) groups excluding carboxylic acids is 1. The Bertz CT molecular complexity index is 542. The summed E-state index contributed by atoms with van der Waals surface area (Å²) in [5, 5.41) is 5.68. The Morgan fingerprint density at radius 3 is 2.42 bits per heavy atom. The number of pyridine rings is 1. The van der Waals surface area contributed by atoms with E-state index in [0.717, 1.165) is 14.8 Å². The Kier molecular flexibility index (Phi) is 4.73. The molecule has 1 atom stereocenters. The van der Waals surface area contributed by atoms with E-state index in [1.165, 1.54) is 0 Å². The lowest BCUT2D eigenvalue weighted by Crippen LogP contribution is -2.31. The summed E-state index contributed by atoms with van der Waals surface area (Å²) >= 11 is 2.22. The molecule has 1 aromatic heterocycles. The molecule has 2 amide bonds. The molecule has 4 nitrogen and oxygen atoms in total. The van der Waals surface area contributed by atoms with Gasteiger partial charge in [0.05, 0.1) is 6.04 Å². The average Bonchev–Trinajstić information content (AvgIpc) is 2.42. The molecule has 2 rings (SSSR count). The average molecular weight is 367 g/mol. The van der Waals surface area contributed by atoms with Gasteiger partial charge in [-0.2, -0.15) is 0 Å². The van der Waals surface area contributed by atoms with Crippen molar-refractivity contribution in [2.75, 3.05) is 5.32 Å². The SMILES string of the molecule is C[C@@H](NC(=O)Nc1ccc(I)cc1)c1ccncc1. The van der Waals surface area contributed by atoms with Crippen LogP contribution in [0.15, 0.2) is 48.8 Å². The van der Waals surface area contributed by atoms with Crippen LogP contribution in [-0.4, -0.2) is 11.0 Å². The summed E-state index contributed by atoms with van der Waals surface area (Å²) < 4.78 is 1.13. The quantitative estimate of drug-likeness (QED) is 0.815. The first-order valence-corrected chi connectivity index (χ1v) is 6.96. The molecule has 0 saturated heterocycles. The molecular weight excluding hydrogens is 353 g/mol. The molecular formula is C14H14IN3O. The number of nitrogens with zero attached hydrogens (tertiary/aromatic N) is 1. The number of halogens is 1. The topological polar surface area (TPSA) is 54.0 Å². The fourth-order valence-corrected chi connectivity index (χ4v) is 1.99. The van der Waals surface area contributed by atoms with Gasteiger partial charge in [-0.1, -0.05) is 0 Å². The number of anilines is 1. The third-order valence-corrected chi connectivity index (χ3v) is 3.37. The molecule has 1 aromatic carbocycles. The van der Waals surface area contributed by atoms with Gasteiger partial charge in [-0.25, -0.2) is 4.79 Å². The van der Waals surface area contributed by atoms with E-state index in [4.69, 9.17) is 0 Å². The van der Waals surface area contributed by atoms with Gasteiger partial charge in [0, 0.05) is 21.7 Å². The van der Waals surface area contributed by atoms with Crippen LogP contribution in [0.5, 0.6) is 0 Å². The predicted octanol–water partition coefficient (Wildman–Crippen LogP) is 3.57. The summed E-state index contributed by atoms with van der Waals surface area (Å²) in [4.78, 5) is 15.8. The molecule has 5 heteroatoms. The summed E-state index contributed by atoms with van der Waals surface area (Å²) in [5.74, 6) is 0. The van der Waals surface area contributed by atoms with E-state index >= 15 is 0 Å². The van der Waals surface area contributed by atoms with Crippen LogP contribution in [0, 0.1) is 3.57 Å². The standard InChI is InChI=1S/C14H14IN3O/c1-10(11-6-8-16-9-7-11)17-14(19)18-13-4-2-12(15)3-5-13/h2-10H,1H3,(H2,17,18,19)/t10-/m1/s1. The molecule has 0 bridgehead atoms. The van der Waals surface area contributed by atoms with Gasteiger partial charge >= 0.3 is 6.03 Å². The predicted molar refractivity (Wildman–Crippen MR) is 84.0 cm³/mol. The van der Waals surface area contributed by atoms with Gasteiger partial charge in [-0.15, -0.1) is 0 Å². The van der Waals surface area contributed by atoms with Gasteiger partial charge in [0.25, 0.3) is 0 Å². The zero-order valence-corrected chi connectivity index (χ0v) is 12.6. The number of amides is 2. The number of carbonyl (C=O) groups is 1. The Hall–Kier alpha value is -1.63. The fraction of sp³-hybridized carbons (Fsp3) is 0.143. The first-order valence-electron chi connectivity index (χ1n) is 5.88. The summed E-state index contributed by atoms with van der Waals surface area (Å²) in [6, 6.07) is 11.1. The maximum atomic E-state index is 11.8. The van der Waals surface area contributed by atoms with Crippen molar-refractivity contribution in [3.63, 3.8) is 0 Å². The number of aromatic nitrogens is 1. The van der Waals surface area contributed by atoms with Crippen molar-refractivity contribution in [3.8, 4) is 0 Å². The van der Waals surface area contributed by atoms with Crippen molar-refractivity contribution in [2.24, 2.45) is 0 Å². The number of rotatable bonds is 3. The summed E-state index contributed by atoms with van der Waals surface area (Å²) in [6.45, 7) is 1.93. The highest BCUT2D eigenvalue weighted by Crippen LogP contribution is 2.13. The van der Waals surface area contributed by atoms with E-state index in [2.05, 4.69) is 38.2 Å². The first kappa shape index (κ1) is 13.8. The number of nitrogens with one attached hydrogen (secondary N) is 2. The van der Waals surface area contributed by atoms with Crippen molar-refractivity contribution in [1.82, 2.24) is 10.3 Å². The summed E-state index contributed by atoms with van der Waals surface area (Å²) in [5.41, 5.74) is 1.80. The van der Waals surface area contributed by atoms with E-state index < -0.39 is 0 Å². The molecule has 0 radical (unpaired) electrons. The Morgan fingerprint density at radius 1 is 1.16 bits per heavy atom. The lowest BCUT2D eigenvalue weighted by Gasteiger charge is -2.14. The van der Waals surface area contributed by atoms with Crippen molar-refractivity contribution in [1.29, 1.82) is 0 Å². The van der Waals surface area contributed by atoms with Crippen LogP contribution in [0.2, 0.25) is 0 Å². The van der Waals surface area contributed by atoms with Crippen molar-refractivity contribution < 1.29 is 4.79 Å². The van der Waals surface area contributed by atoms with Crippen LogP contribution in [0.3, 0.4) is 0 Å². The van der Waals surface area contributed by atoms with Gasteiger partial charge < -0.3 is 10.6 Å². The van der Waals surface area contributed by atoms with Gasteiger partial charge in [0.1, 0.15) is 0 Å². The number of hydrogen-bond donors (Lipinski definition) is 2. The monoisotopic (exact) mass is 367 g/mol. The Balaban J connectivity index is 1.93. The van der Waals surface area contributed by atoms with Crippen molar-refractivity contribution in [3.05, 3.63) is 57.9 Å². The lowest BCUT2D eigenvalue weighted by atomic mass is 10.1. The largest absolute Gasteiger partial charge is 0.331 e. The van der Waals surface area contributed by atoms with Gasteiger partial charge in [0.15, 0.2) is 0 Å². The van der Waals surface area contributed by atoms with Crippen LogP contribution in [0.25, 0.3) is 0 Å². The zero-order chi connectivity index (χ0) is 13.7. The molecule has 0 spiro atoms. The molecule has 0 unspecified atom stereocenters. The minimum atomic E-state index is -0.217. The summed E-state index contributed by atoms with van der Waals surface area (Å²) in [7, 11) is 0. The van der Waals surface area contributed by atoms with Gasteiger partial charge in [0.2, 0.25) is 0 Å². The van der Waals surface area contributed by atoms with E-state index in [9.17, 15) is 4.79 Å². The Morgan fingerprint density at radius 2 is 1.79 bits per heavy atom. The van der Waals surface area contributed by atoms with Crippen LogP contribution < -0.4 is 10.6 Å². The second-order valence-electron chi connectivity index (χ2n) is 4.11. The minimum absolute atomic E-state index is 0.0631. The van der Waals surface area contributed by atoms with E-state index in [1.54, 1.807) is 12.4 Å². The number of hydrogen-bond acceptors (Lipinski definition) is 2. The van der Waals surface area contributed by atoms with Crippen LogP contribution >= 0.6 is 22.6 Å². The molecule has 0 saturated carbocycles. The zero-order valence-electron chi connectivity index (χ0n) is 10.4. The molecule has 0 aliphatic heterocycles.